The molecule has 0 bridgehead atoms. The zero-order chi connectivity index (χ0) is 28.1. The van der Waals surface area contributed by atoms with Crippen molar-refractivity contribution < 1.29 is 39.2 Å². The second-order valence-electron chi connectivity index (χ2n) is 9.78. The zero-order valence-electron chi connectivity index (χ0n) is 22.5. The van der Waals surface area contributed by atoms with Gasteiger partial charge in [-0.2, -0.15) is 0 Å². The molecule has 0 atom stereocenters. The largest absolute Gasteiger partial charge is 0.504 e. The molecule has 38 heavy (non-hydrogen) atoms. The van der Waals surface area contributed by atoms with Crippen molar-refractivity contribution in [1.82, 2.24) is 0 Å². The monoisotopic (exact) mass is 528 g/mol. The number of unbranched alkanes of at least 4 members (excludes halogenated alkanes) is 10. The van der Waals surface area contributed by atoms with Gasteiger partial charge < -0.3 is 20.1 Å². The summed E-state index contributed by atoms with van der Waals surface area (Å²) >= 11 is 0. The predicted octanol–water partition coefficient (Wildman–Crippen LogP) is 6.29. The van der Waals surface area contributed by atoms with Crippen LogP contribution in [0.1, 0.15) is 96.8 Å². The Morgan fingerprint density at radius 1 is 0.632 bits per heavy atom. The SMILES string of the molecule is COC1=CC(=O)C(O)=C(CCCCCCCC=CCCCCCCCC2=C(O)C(=O)C(C)=C(O)C2=O)C1=O. The number of rotatable bonds is 17. The van der Waals surface area contributed by atoms with Crippen molar-refractivity contribution in [3.8, 4) is 0 Å². The normalized spacial score (nSPS) is 16.8. The molecule has 0 heterocycles. The highest BCUT2D eigenvalue weighted by atomic mass is 16.5. The molecule has 208 valence electrons. The van der Waals surface area contributed by atoms with Gasteiger partial charge in [0.25, 0.3) is 0 Å². The Bertz CT molecular complexity index is 1070. The lowest BCUT2D eigenvalue weighted by Gasteiger charge is -2.15. The lowest BCUT2D eigenvalue weighted by atomic mass is 9.91. The van der Waals surface area contributed by atoms with E-state index in [9.17, 15) is 34.5 Å². The van der Waals surface area contributed by atoms with Crippen LogP contribution in [-0.4, -0.2) is 45.6 Å². The van der Waals surface area contributed by atoms with Gasteiger partial charge in [0.15, 0.2) is 23.0 Å². The van der Waals surface area contributed by atoms with Crippen molar-refractivity contribution in [3.63, 3.8) is 0 Å². The molecule has 2 aliphatic carbocycles. The molecule has 0 saturated heterocycles. The molecular formula is C30H40O8. The van der Waals surface area contributed by atoms with E-state index in [1.54, 1.807) is 0 Å². The topological polar surface area (TPSA) is 138 Å². The van der Waals surface area contributed by atoms with E-state index in [-0.39, 0.29) is 28.9 Å². The lowest BCUT2D eigenvalue weighted by molar-refractivity contribution is -0.120. The van der Waals surface area contributed by atoms with Crippen LogP contribution >= 0.6 is 0 Å². The third-order valence-electron chi connectivity index (χ3n) is 6.95. The van der Waals surface area contributed by atoms with Crippen molar-refractivity contribution in [1.29, 1.82) is 0 Å². The number of hydrogen-bond donors (Lipinski definition) is 3. The minimum absolute atomic E-state index is 0.0190. The van der Waals surface area contributed by atoms with E-state index in [4.69, 9.17) is 4.74 Å². The molecule has 0 aromatic heterocycles. The van der Waals surface area contributed by atoms with E-state index >= 15 is 0 Å². The summed E-state index contributed by atoms with van der Waals surface area (Å²) in [5.74, 6) is -3.86. The minimum atomic E-state index is -0.673. The molecule has 2 aliphatic rings. The molecule has 0 saturated carbocycles. The molecule has 0 amide bonds. The molecule has 2 rings (SSSR count). The summed E-state index contributed by atoms with van der Waals surface area (Å²) in [5.41, 5.74) is 0.0661. The third-order valence-corrected chi connectivity index (χ3v) is 6.95. The second kappa shape index (κ2) is 15.7. The Kier molecular flexibility index (Phi) is 12.8. The fourth-order valence-corrected chi connectivity index (χ4v) is 4.54. The summed E-state index contributed by atoms with van der Waals surface area (Å²) in [6.45, 7) is 1.33. The van der Waals surface area contributed by atoms with Gasteiger partial charge in [-0.05, 0) is 58.3 Å². The number of hydrogen-bond acceptors (Lipinski definition) is 8. The van der Waals surface area contributed by atoms with Crippen LogP contribution in [0.3, 0.4) is 0 Å². The Balaban J connectivity index is 1.46. The third kappa shape index (κ3) is 8.57. The quantitative estimate of drug-likeness (QED) is 0.114. The molecule has 0 radical (unpaired) electrons. The van der Waals surface area contributed by atoms with E-state index in [1.807, 2.05) is 0 Å². The predicted molar refractivity (Wildman–Crippen MR) is 144 cm³/mol. The number of aliphatic hydroxyl groups excluding tert-OH is 3. The molecule has 8 nitrogen and oxygen atoms in total. The summed E-state index contributed by atoms with van der Waals surface area (Å²) in [6, 6.07) is 0. The Hall–Kier alpha value is -3.42. The number of Topliss-reactive ketones (excluding diaryl/α,β-unsaturated/α-hetero) is 3. The zero-order valence-corrected chi connectivity index (χ0v) is 22.5. The van der Waals surface area contributed by atoms with Gasteiger partial charge in [0.05, 0.1) is 7.11 Å². The van der Waals surface area contributed by atoms with Crippen LogP contribution in [0.2, 0.25) is 0 Å². The second-order valence-corrected chi connectivity index (χ2v) is 9.78. The maximum atomic E-state index is 12.2. The summed E-state index contributed by atoms with van der Waals surface area (Å²) in [4.78, 5) is 47.8. The van der Waals surface area contributed by atoms with Crippen molar-refractivity contribution in [2.24, 2.45) is 0 Å². The first kappa shape index (κ1) is 30.8. The van der Waals surface area contributed by atoms with Gasteiger partial charge in [-0.3, -0.25) is 19.2 Å². The Morgan fingerprint density at radius 3 is 1.63 bits per heavy atom. The molecule has 0 unspecified atom stereocenters. The van der Waals surface area contributed by atoms with Gasteiger partial charge in [-0.15, -0.1) is 0 Å². The summed E-state index contributed by atoms with van der Waals surface area (Å²) in [7, 11) is 1.33. The lowest BCUT2D eigenvalue weighted by Crippen LogP contribution is -2.22. The summed E-state index contributed by atoms with van der Waals surface area (Å²) < 4.78 is 4.92. The van der Waals surface area contributed by atoms with Crippen LogP contribution in [0.15, 0.2) is 58.0 Å². The van der Waals surface area contributed by atoms with Gasteiger partial charge >= 0.3 is 0 Å². The Labute approximate surface area is 224 Å². The van der Waals surface area contributed by atoms with Crippen LogP contribution < -0.4 is 0 Å². The van der Waals surface area contributed by atoms with E-state index in [0.29, 0.717) is 12.8 Å². The average molecular weight is 529 g/mol. The maximum absolute atomic E-state index is 12.2. The van der Waals surface area contributed by atoms with Crippen molar-refractivity contribution in [3.05, 3.63) is 58.0 Å². The van der Waals surface area contributed by atoms with Crippen LogP contribution in [0.25, 0.3) is 0 Å². The number of ketones is 4. The molecular weight excluding hydrogens is 488 g/mol. The molecule has 0 fully saturated rings. The fourth-order valence-electron chi connectivity index (χ4n) is 4.54. The van der Waals surface area contributed by atoms with Crippen LogP contribution in [0.4, 0.5) is 0 Å². The number of allylic oxidation sites excluding steroid dienone is 6. The van der Waals surface area contributed by atoms with E-state index in [0.717, 1.165) is 76.7 Å². The molecule has 0 aromatic rings. The van der Waals surface area contributed by atoms with Gasteiger partial charge in [-0.1, -0.05) is 50.7 Å². The van der Waals surface area contributed by atoms with Gasteiger partial charge in [-0.25, -0.2) is 0 Å². The Morgan fingerprint density at radius 2 is 1.11 bits per heavy atom. The summed E-state index contributed by atoms with van der Waals surface area (Å²) in [5, 5.41) is 29.5. The standard InChI is InChI=1S/C30H40O8/c1-20-25(32)29(36)22(30(37)26(20)33)18-16-14-12-10-8-6-4-3-5-7-9-11-13-15-17-21-27(34)23(31)19-24(38-2)28(21)35/h3-4,19,32,34,37H,5-18H2,1-2H3. The number of carbonyl (C=O) groups is 4. The number of methoxy groups -OCH3 is 1. The highest BCUT2D eigenvalue weighted by molar-refractivity contribution is 6.23. The summed E-state index contributed by atoms with van der Waals surface area (Å²) in [6.07, 6.45) is 17.7. The average Bonchev–Trinajstić information content (AvgIpc) is 2.91. The van der Waals surface area contributed by atoms with Crippen molar-refractivity contribution >= 4 is 23.1 Å². The van der Waals surface area contributed by atoms with Crippen molar-refractivity contribution in [2.45, 2.75) is 96.8 Å². The fraction of sp³-hybridized carbons (Fsp3) is 0.533. The molecule has 3 N–H and O–H groups in total. The minimum Gasteiger partial charge on any atom is -0.504 e. The van der Waals surface area contributed by atoms with Crippen LogP contribution in [0, 0.1) is 0 Å². The van der Waals surface area contributed by atoms with Gasteiger partial charge in [0.1, 0.15) is 0 Å². The first-order valence-corrected chi connectivity index (χ1v) is 13.5. The maximum Gasteiger partial charge on any atom is 0.227 e. The highest BCUT2D eigenvalue weighted by Crippen LogP contribution is 2.26. The van der Waals surface area contributed by atoms with Crippen LogP contribution in [0.5, 0.6) is 0 Å². The molecule has 0 aliphatic heterocycles. The van der Waals surface area contributed by atoms with E-state index in [2.05, 4.69) is 12.2 Å². The van der Waals surface area contributed by atoms with Crippen LogP contribution in [-0.2, 0) is 23.9 Å². The van der Waals surface area contributed by atoms with Gasteiger partial charge in [0.2, 0.25) is 23.1 Å². The number of ether oxygens (including phenoxy) is 1. The molecule has 0 spiro atoms. The first-order valence-electron chi connectivity index (χ1n) is 13.5. The van der Waals surface area contributed by atoms with Gasteiger partial charge in [0, 0.05) is 22.8 Å². The molecule has 0 aromatic carbocycles. The van der Waals surface area contributed by atoms with E-state index in [1.165, 1.54) is 14.0 Å². The van der Waals surface area contributed by atoms with Crippen molar-refractivity contribution in [2.75, 3.05) is 7.11 Å². The smallest absolute Gasteiger partial charge is 0.227 e. The highest BCUT2D eigenvalue weighted by Gasteiger charge is 2.32. The first-order chi connectivity index (χ1) is 18.2. The number of carbonyl (C=O) groups excluding carboxylic acids is 4. The number of aliphatic hydroxyl groups is 3. The van der Waals surface area contributed by atoms with E-state index < -0.39 is 40.4 Å². The molecule has 8 heteroatoms.